The summed E-state index contributed by atoms with van der Waals surface area (Å²) in [5.74, 6) is -0.190. The lowest BCUT2D eigenvalue weighted by atomic mass is 10.0. The number of aryl methyl sites for hydroxylation is 1. The molecule has 3 aromatic rings. The second-order valence-electron chi connectivity index (χ2n) is 8.28. The van der Waals surface area contributed by atoms with Gasteiger partial charge in [-0.2, -0.15) is 0 Å². The smallest absolute Gasteiger partial charge is 0.242 e. The third-order valence-corrected chi connectivity index (χ3v) is 6.13. The standard InChI is InChI=1S/C27H31ClN2O2/c1-4-19(2)29-27(32)20(3)30(18-21-9-7-13-24(28)17-21)26(31)16-15-23-12-8-11-22-10-5-6-14-25(22)23/h5-14,17,19-20H,4,15-16,18H2,1-3H3,(H,29,32)/t19-,20-/m0/s1. The molecule has 0 aliphatic heterocycles. The van der Waals surface area contributed by atoms with E-state index >= 15 is 0 Å². The molecule has 0 radical (unpaired) electrons. The van der Waals surface area contributed by atoms with Crippen LogP contribution in [-0.2, 0) is 22.6 Å². The van der Waals surface area contributed by atoms with Gasteiger partial charge in [-0.1, -0.05) is 73.1 Å². The van der Waals surface area contributed by atoms with E-state index in [1.807, 2.05) is 50.2 Å². The van der Waals surface area contributed by atoms with Crippen molar-refractivity contribution in [2.45, 2.75) is 58.7 Å². The summed E-state index contributed by atoms with van der Waals surface area (Å²) in [7, 11) is 0. The Morgan fingerprint density at radius 2 is 1.72 bits per heavy atom. The van der Waals surface area contributed by atoms with Crippen molar-refractivity contribution in [1.29, 1.82) is 0 Å². The van der Waals surface area contributed by atoms with E-state index in [9.17, 15) is 9.59 Å². The Balaban J connectivity index is 1.79. The van der Waals surface area contributed by atoms with E-state index in [1.165, 1.54) is 0 Å². The summed E-state index contributed by atoms with van der Waals surface area (Å²) in [5.41, 5.74) is 2.04. The number of carbonyl (C=O) groups is 2. The van der Waals surface area contributed by atoms with Crippen molar-refractivity contribution in [2.75, 3.05) is 0 Å². The van der Waals surface area contributed by atoms with Gasteiger partial charge in [-0.25, -0.2) is 0 Å². The first-order valence-electron chi connectivity index (χ1n) is 11.2. The van der Waals surface area contributed by atoms with Crippen molar-refractivity contribution in [3.8, 4) is 0 Å². The maximum atomic E-state index is 13.4. The highest BCUT2D eigenvalue weighted by Crippen LogP contribution is 2.21. The minimum absolute atomic E-state index is 0.0512. The van der Waals surface area contributed by atoms with Gasteiger partial charge in [-0.05, 0) is 60.7 Å². The molecule has 0 fully saturated rings. The van der Waals surface area contributed by atoms with Crippen LogP contribution < -0.4 is 5.32 Å². The Labute approximate surface area is 195 Å². The highest BCUT2D eigenvalue weighted by Gasteiger charge is 2.26. The molecule has 0 saturated carbocycles. The van der Waals surface area contributed by atoms with Gasteiger partial charge in [0.15, 0.2) is 0 Å². The summed E-state index contributed by atoms with van der Waals surface area (Å²) >= 11 is 6.15. The number of benzene rings is 3. The lowest BCUT2D eigenvalue weighted by Gasteiger charge is -2.30. The van der Waals surface area contributed by atoms with Gasteiger partial charge < -0.3 is 10.2 Å². The highest BCUT2D eigenvalue weighted by atomic mass is 35.5. The molecule has 0 bridgehead atoms. The summed E-state index contributed by atoms with van der Waals surface area (Å²) < 4.78 is 0. The van der Waals surface area contributed by atoms with Crippen LogP contribution in [0.1, 0.15) is 44.7 Å². The van der Waals surface area contributed by atoms with E-state index < -0.39 is 6.04 Å². The first-order valence-corrected chi connectivity index (χ1v) is 11.6. The van der Waals surface area contributed by atoms with Gasteiger partial charge in [0.25, 0.3) is 0 Å². The molecule has 0 unspecified atom stereocenters. The predicted octanol–water partition coefficient (Wildman–Crippen LogP) is 5.76. The van der Waals surface area contributed by atoms with Crippen molar-refractivity contribution in [2.24, 2.45) is 0 Å². The van der Waals surface area contributed by atoms with E-state index in [1.54, 1.807) is 17.9 Å². The predicted molar refractivity (Wildman–Crippen MR) is 132 cm³/mol. The molecular weight excluding hydrogens is 420 g/mol. The Bertz CT molecular complexity index is 1080. The lowest BCUT2D eigenvalue weighted by Crippen LogP contribution is -2.49. The van der Waals surface area contributed by atoms with Crippen molar-refractivity contribution >= 4 is 34.2 Å². The molecule has 2 amide bonds. The fraction of sp³-hybridized carbons (Fsp3) is 0.333. The Kier molecular flexibility index (Phi) is 8.29. The van der Waals surface area contributed by atoms with Crippen LogP contribution in [0.4, 0.5) is 0 Å². The fourth-order valence-electron chi connectivity index (χ4n) is 3.78. The summed E-state index contributed by atoms with van der Waals surface area (Å²) in [6, 6.07) is 21.3. The second kappa shape index (κ2) is 11.1. The molecule has 0 saturated heterocycles. The summed E-state index contributed by atoms with van der Waals surface area (Å²) in [6.45, 7) is 6.12. The number of hydrogen-bond donors (Lipinski definition) is 1. The zero-order valence-electron chi connectivity index (χ0n) is 19.0. The third kappa shape index (κ3) is 6.10. The van der Waals surface area contributed by atoms with Crippen LogP contribution >= 0.6 is 11.6 Å². The number of halogens is 1. The monoisotopic (exact) mass is 450 g/mol. The average molecular weight is 451 g/mol. The molecular formula is C27H31ClN2O2. The van der Waals surface area contributed by atoms with E-state index in [2.05, 4.69) is 29.6 Å². The molecule has 1 N–H and O–H groups in total. The summed E-state index contributed by atoms with van der Waals surface area (Å²) in [4.78, 5) is 27.9. The molecule has 4 nitrogen and oxygen atoms in total. The number of rotatable bonds is 9. The molecule has 0 spiro atoms. The number of hydrogen-bond acceptors (Lipinski definition) is 2. The third-order valence-electron chi connectivity index (χ3n) is 5.90. The molecule has 3 rings (SSSR count). The van der Waals surface area contributed by atoms with Crippen LogP contribution in [0.25, 0.3) is 10.8 Å². The van der Waals surface area contributed by atoms with Crippen molar-refractivity contribution in [3.05, 3.63) is 82.9 Å². The topological polar surface area (TPSA) is 49.4 Å². The maximum Gasteiger partial charge on any atom is 0.242 e. The lowest BCUT2D eigenvalue weighted by molar-refractivity contribution is -0.140. The second-order valence-corrected chi connectivity index (χ2v) is 8.72. The number of fused-ring (bicyclic) bond motifs is 1. The van der Waals surface area contributed by atoms with Crippen molar-refractivity contribution < 1.29 is 9.59 Å². The summed E-state index contributed by atoms with van der Waals surface area (Å²) in [5, 5.41) is 5.93. The SMILES string of the molecule is CC[C@H](C)NC(=O)[C@H](C)N(Cc1cccc(Cl)c1)C(=O)CCc1cccc2ccccc12. The Morgan fingerprint density at radius 1 is 1.00 bits per heavy atom. The van der Waals surface area contributed by atoms with Crippen LogP contribution in [0.15, 0.2) is 66.7 Å². The van der Waals surface area contributed by atoms with E-state index in [0.717, 1.165) is 28.3 Å². The first-order chi connectivity index (χ1) is 15.4. The normalized spacial score (nSPS) is 12.9. The number of nitrogens with one attached hydrogen (secondary N) is 1. The zero-order chi connectivity index (χ0) is 23.1. The van der Waals surface area contributed by atoms with E-state index in [-0.39, 0.29) is 17.9 Å². The number of amides is 2. The molecule has 168 valence electrons. The average Bonchev–Trinajstić information content (AvgIpc) is 2.80. The first kappa shape index (κ1) is 23.8. The van der Waals surface area contributed by atoms with Gasteiger partial charge in [0.05, 0.1) is 0 Å². The number of carbonyl (C=O) groups excluding carboxylic acids is 2. The van der Waals surface area contributed by atoms with E-state index in [0.29, 0.717) is 24.4 Å². The van der Waals surface area contributed by atoms with Gasteiger partial charge in [-0.3, -0.25) is 9.59 Å². The van der Waals surface area contributed by atoms with Gasteiger partial charge >= 0.3 is 0 Å². The Morgan fingerprint density at radius 3 is 2.47 bits per heavy atom. The maximum absolute atomic E-state index is 13.4. The van der Waals surface area contributed by atoms with Gasteiger partial charge in [0.1, 0.15) is 6.04 Å². The molecule has 0 aliphatic carbocycles. The molecule has 0 heterocycles. The molecule has 0 aliphatic rings. The largest absolute Gasteiger partial charge is 0.352 e. The highest BCUT2D eigenvalue weighted by molar-refractivity contribution is 6.30. The molecule has 2 atom stereocenters. The minimum atomic E-state index is -0.581. The molecule has 0 aromatic heterocycles. The quantitative estimate of drug-likeness (QED) is 0.450. The zero-order valence-corrected chi connectivity index (χ0v) is 19.7. The number of nitrogens with zero attached hydrogens (tertiary/aromatic N) is 1. The molecule has 3 aromatic carbocycles. The van der Waals surface area contributed by atoms with Crippen LogP contribution in [0.5, 0.6) is 0 Å². The summed E-state index contributed by atoms with van der Waals surface area (Å²) in [6.07, 6.45) is 1.78. The van der Waals surface area contributed by atoms with Crippen molar-refractivity contribution in [3.63, 3.8) is 0 Å². The fourth-order valence-corrected chi connectivity index (χ4v) is 3.99. The van der Waals surface area contributed by atoms with Crippen LogP contribution in [0.3, 0.4) is 0 Å². The van der Waals surface area contributed by atoms with Crippen LogP contribution in [0.2, 0.25) is 5.02 Å². The molecule has 32 heavy (non-hydrogen) atoms. The van der Waals surface area contributed by atoms with Crippen molar-refractivity contribution in [1.82, 2.24) is 10.2 Å². The minimum Gasteiger partial charge on any atom is -0.352 e. The van der Waals surface area contributed by atoms with Gasteiger partial charge in [0, 0.05) is 24.0 Å². The van der Waals surface area contributed by atoms with Crippen LogP contribution in [-0.4, -0.2) is 28.8 Å². The Hall–Kier alpha value is -2.85. The van der Waals surface area contributed by atoms with Crippen LogP contribution in [0, 0.1) is 0 Å². The van der Waals surface area contributed by atoms with Gasteiger partial charge in [-0.15, -0.1) is 0 Å². The van der Waals surface area contributed by atoms with E-state index in [4.69, 9.17) is 11.6 Å². The molecule has 5 heteroatoms. The van der Waals surface area contributed by atoms with Gasteiger partial charge in [0.2, 0.25) is 11.8 Å².